The Kier molecular flexibility index (Phi) is 6.04. The molecular weight excluding hydrogens is 436 g/mol. The summed E-state index contributed by atoms with van der Waals surface area (Å²) in [6, 6.07) is 14.4. The van der Waals surface area contributed by atoms with Crippen molar-refractivity contribution in [3.05, 3.63) is 93.9 Å². The van der Waals surface area contributed by atoms with Crippen LogP contribution in [0.3, 0.4) is 0 Å². The van der Waals surface area contributed by atoms with Gasteiger partial charge in [-0.05, 0) is 48.0 Å². The van der Waals surface area contributed by atoms with Gasteiger partial charge >= 0.3 is 5.97 Å². The summed E-state index contributed by atoms with van der Waals surface area (Å²) < 4.78 is 10.2. The van der Waals surface area contributed by atoms with E-state index in [9.17, 15) is 19.2 Å². The van der Waals surface area contributed by atoms with Gasteiger partial charge in [0.05, 0.1) is 29.5 Å². The van der Waals surface area contributed by atoms with Gasteiger partial charge in [-0.1, -0.05) is 23.7 Å². The number of carbonyl (C=O) groups is 4. The van der Waals surface area contributed by atoms with E-state index in [4.69, 9.17) is 20.8 Å². The van der Waals surface area contributed by atoms with Gasteiger partial charge in [0.25, 0.3) is 17.7 Å². The Morgan fingerprint density at radius 1 is 1.00 bits per heavy atom. The summed E-state index contributed by atoms with van der Waals surface area (Å²) in [6.45, 7) is -0.234. The molecule has 3 amide bonds. The van der Waals surface area contributed by atoms with Crippen molar-refractivity contribution in [2.75, 3.05) is 6.61 Å². The van der Waals surface area contributed by atoms with E-state index < -0.39 is 30.3 Å². The zero-order valence-electron chi connectivity index (χ0n) is 16.7. The third-order valence-corrected chi connectivity index (χ3v) is 5.09. The van der Waals surface area contributed by atoms with E-state index in [0.717, 1.165) is 10.5 Å². The number of halogens is 1. The number of hydrogen-bond acceptors (Lipinski definition) is 6. The molecule has 32 heavy (non-hydrogen) atoms. The van der Waals surface area contributed by atoms with Gasteiger partial charge in [-0.2, -0.15) is 0 Å². The van der Waals surface area contributed by atoms with Crippen LogP contribution < -0.4 is 5.32 Å². The molecule has 2 aromatic carbocycles. The molecule has 0 saturated heterocycles. The number of nitrogens with zero attached hydrogens (tertiary/aromatic N) is 1. The standard InChI is InChI=1S/C23H17ClN2O6/c24-16-6-3-14(4-7-16)11-25-20(27)13-32-23(30)15-5-8-18-19(10-15)22(29)26(21(18)28)12-17-2-1-9-31-17/h1-10H,11-13H2,(H,25,27). The van der Waals surface area contributed by atoms with Gasteiger partial charge in [-0.15, -0.1) is 0 Å². The highest BCUT2D eigenvalue weighted by Gasteiger charge is 2.36. The van der Waals surface area contributed by atoms with E-state index in [1.807, 2.05) is 0 Å². The molecule has 0 bridgehead atoms. The normalized spacial score (nSPS) is 12.6. The molecule has 0 saturated carbocycles. The van der Waals surface area contributed by atoms with Crippen molar-refractivity contribution < 1.29 is 28.3 Å². The van der Waals surface area contributed by atoms with Crippen LogP contribution in [0.1, 0.15) is 42.4 Å². The molecule has 162 valence electrons. The highest BCUT2D eigenvalue weighted by atomic mass is 35.5. The molecule has 0 unspecified atom stereocenters. The summed E-state index contributed by atoms with van der Waals surface area (Å²) in [5.41, 5.74) is 1.20. The predicted octanol–water partition coefficient (Wildman–Crippen LogP) is 3.20. The van der Waals surface area contributed by atoms with Gasteiger partial charge in [0, 0.05) is 11.6 Å². The van der Waals surface area contributed by atoms with Crippen molar-refractivity contribution in [2.45, 2.75) is 13.1 Å². The SMILES string of the molecule is O=C(COC(=O)c1ccc2c(c1)C(=O)N(Cc1ccco1)C2=O)NCc1ccc(Cl)cc1. The lowest BCUT2D eigenvalue weighted by atomic mass is 10.1. The van der Waals surface area contributed by atoms with Crippen LogP contribution in [0.2, 0.25) is 5.02 Å². The molecule has 1 aromatic heterocycles. The average Bonchev–Trinajstić information content (AvgIpc) is 3.40. The number of rotatable bonds is 7. The summed E-state index contributed by atoms with van der Waals surface area (Å²) >= 11 is 5.82. The number of imide groups is 1. The van der Waals surface area contributed by atoms with Crippen LogP contribution in [0.25, 0.3) is 0 Å². The Balaban J connectivity index is 1.35. The fourth-order valence-electron chi connectivity index (χ4n) is 3.19. The number of esters is 1. The zero-order valence-corrected chi connectivity index (χ0v) is 17.4. The number of ether oxygens (including phenoxy) is 1. The third-order valence-electron chi connectivity index (χ3n) is 4.84. The fourth-order valence-corrected chi connectivity index (χ4v) is 3.31. The molecule has 1 aliphatic rings. The summed E-state index contributed by atoms with van der Waals surface area (Å²) in [5.74, 6) is -1.80. The molecule has 0 fully saturated rings. The van der Waals surface area contributed by atoms with Crippen LogP contribution in [-0.2, 0) is 22.6 Å². The average molecular weight is 453 g/mol. The molecule has 9 heteroatoms. The summed E-state index contributed by atoms with van der Waals surface area (Å²) in [7, 11) is 0. The number of furan rings is 1. The number of fused-ring (bicyclic) bond motifs is 1. The second-order valence-electron chi connectivity index (χ2n) is 7.02. The first kappa shape index (κ1) is 21.3. The zero-order chi connectivity index (χ0) is 22.7. The van der Waals surface area contributed by atoms with Gasteiger partial charge in [0.15, 0.2) is 6.61 Å². The number of amides is 3. The smallest absolute Gasteiger partial charge is 0.338 e. The van der Waals surface area contributed by atoms with Crippen molar-refractivity contribution >= 4 is 35.3 Å². The van der Waals surface area contributed by atoms with Crippen LogP contribution in [0, 0.1) is 0 Å². The number of benzene rings is 2. The van der Waals surface area contributed by atoms with Crippen LogP contribution in [-0.4, -0.2) is 35.2 Å². The Morgan fingerprint density at radius 2 is 1.75 bits per heavy atom. The lowest BCUT2D eigenvalue weighted by Crippen LogP contribution is -2.29. The molecule has 1 N–H and O–H groups in total. The Morgan fingerprint density at radius 3 is 2.47 bits per heavy atom. The Hall–Kier alpha value is -3.91. The number of hydrogen-bond donors (Lipinski definition) is 1. The number of nitrogens with one attached hydrogen (secondary N) is 1. The molecule has 8 nitrogen and oxygen atoms in total. The first-order chi connectivity index (χ1) is 15.4. The fraction of sp³-hybridized carbons (Fsp3) is 0.130. The van der Waals surface area contributed by atoms with Crippen molar-refractivity contribution in [1.82, 2.24) is 10.2 Å². The molecule has 2 heterocycles. The summed E-state index contributed by atoms with van der Waals surface area (Å²) in [6.07, 6.45) is 1.45. The van der Waals surface area contributed by atoms with Crippen molar-refractivity contribution in [3.8, 4) is 0 Å². The van der Waals surface area contributed by atoms with Gasteiger partial charge in [0.2, 0.25) is 0 Å². The molecule has 0 atom stereocenters. The van der Waals surface area contributed by atoms with E-state index in [0.29, 0.717) is 10.8 Å². The van der Waals surface area contributed by atoms with Crippen LogP contribution in [0.4, 0.5) is 0 Å². The van der Waals surface area contributed by atoms with Crippen LogP contribution in [0.15, 0.2) is 65.3 Å². The van der Waals surface area contributed by atoms with Gasteiger partial charge in [-0.25, -0.2) is 4.79 Å². The Bertz CT molecular complexity index is 1190. The minimum absolute atomic E-state index is 0.00703. The van der Waals surface area contributed by atoms with Gasteiger partial charge in [-0.3, -0.25) is 19.3 Å². The first-order valence-corrected chi connectivity index (χ1v) is 10.0. The third kappa shape index (κ3) is 4.55. The van der Waals surface area contributed by atoms with Gasteiger partial charge in [0.1, 0.15) is 5.76 Å². The van der Waals surface area contributed by atoms with Crippen molar-refractivity contribution in [3.63, 3.8) is 0 Å². The maximum atomic E-state index is 12.7. The second kappa shape index (κ2) is 9.07. The second-order valence-corrected chi connectivity index (χ2v) is 7.45. The molecular formula is C23H17ClN2O6. The maximum Gasteiger partial charge on any atom is 0.338 e. The van der Waals surface area contributed by atoms with Crippen LogP contribution in [0.5, 0.6) is 0 Å². The molecule has 0 radical (unpaired) electrons. The maximum absolute atomic E-state index is 12.7. The lowest BCUT2D eigenvalue weighted by molar-refractivity contribution is -0.124. The van der Waals surface area contributed by atoms with E-state index in [-0.39, 0.29) is 29.8 Å². The molecule has 4 rings (SSSR count). The number of carbonyl (C=O) groups excluding carboxylic acids is 4. The van der Waals surface area contributed by atoms with E-state index in [2.05, 4.69) is 5.32 Å². The van der Waals surface area contributed by atoms with Crippen molar-refractivity contribution in [1.29, 1.82) is 0 Å². The van der Waals surface area contributed by atoms with E-state index in [1.54, 1.807) is 36.4 Å². The molecule has 1 aliphatic heterocycles. The largest absolute Gasteiger partial charge is 0.467 e. The minimum atomic E-state index is -0.779. The van der Waals surface area contributed by atoms with Crippen LogP contribution >= 0.6 is 11.6 Å². The summed E-state index contributed by atoms with van der Waals surface area (Å²) in [5, 5.41) is 3.22. The quantitative estimate of drug-likeness (QED) is 0.436. The summed E-state index contributed by atoms with van der Waals surface area (Å²) in [4.78, 5) is 50.5. The molecule has 0 spiro atoms. The molecule has 3 aromatic rings. The topological polar surface area (TPSA) is 106 Å². The minimum Gasteiger partial charge on any atom is -0.467 e. The highest BCUT2D eigenvalue weighted by molar-refractivity contribution is 6.30. The lowest BCUT2D eigenvalue weighted by Gasteiger charge is -2.11. The highest BCUT2D eigenvalue weighted by Crippen LogP contribution is 2.26. The Labute approximate surface area is 187 Å². The monoisotopic (exact) mass is 452 g/mol. The van der Waals surface area contributed by atoms with Gasteiger partial charge < -0.3 is 14.5 Å². The van der Waals surface area contributed by atoms with E-state index in [1.165, 1.54) is 24.5 Å². The first-order valence-electron chi connectivity index (χ1n) is 9.63. The predicted molar refractivity (Wildman–Crippen MR) is 113 cm³/mol. The van der Waals surface area contributed by atoms with Crippen molar-refractivity contribution in [2.24, 2.45) is 0 Å². The van der Waals surface area contributed by atoms with E-state index >= 15 is 0 Å². The molecule has 0 aliphatic carbocycles.